The highest BCUT2D eigenvalue weighted by Gasteiger charge is 2.05. The van der Waals surface area contributed by atoms with Crippen LogP contribution in [0.25, 0.3) is 10.8 Å². The van der Waals surface area contributed by atoms with Gasteiger partial charge in [0.15, 0.2) is 0 Å². The molecule has 3 aromatic carbocycles. The third-order valence-corrected chi connectivity index (χ3v) is 3.91. The molecule has 0 fully saturated rings. The van der Waals surface area contributed by atoms with Crippen molar-refractivity contribution in [1.82, 2.24) is 0 Å². The summed E-state index contributed by atoms with van der Waals surface area (Å²) >= 11 is 0. The van der Waals surface area contributed by atoms with E-state index in [4.69, 9.17) is 0 Å². The second kappa shape index (κ2) is 6.58. The van der Waals surface area contributed by atoms with Gasteiger partial charge in [0.25, 0.3) is 0 Å². The normalized spacial score (nSPS) is 10.6. The second-order valence-electron chi connectivity index (χ2n) is 5.77. The van der Waals surface area contributed by atoms with Crippen molar-refractivity contribution in [3.05, 3.63) is 66.2 Å². The SMILES string of the molecule is CN(C)c1ccc(CNc2ccc3ccccc3c2)cc1NO. The summed E-state index contributed by atoms with van der Waals surface area (Å²) in [6.07, 6.45) is 0. The number of nitrogens with zero attached hydrogens (tertiary/aromatic N) is 1. The van der Waals surface area contributed by atoms with E-state index in [9.17, 15) is 5.21 Å². The molecule has 4 nitrogen and oxygen atoms in total. The van der Waals surface area contributed by atoms with Crippen molar-refractivity contribution in [2.45, 2.75) is 6.54 Å². The fourth-order valence-electron chi connectivity index (χ4n) is 2.68. The van der Waals surface area contributed by atoms with E-state index in [1.165, 1.54) is 10.8 Å². The molecule has 0 aliphatic carbocycles. The molecule has 0 aliphatic heterocycles. The molecule has 0 atom stereocenters. The van der Waals surface area contributed by atoms with Gasteiger partial charge < -0.3 is 10.2 Å². The lowest BCUT2D eigenvalue weighted by atomic mass is 10.1. The molecular formula is C19H21N3O. The van der Waals surface area contributed by atoms with E-state index in [0.29, 0.717) is 12.2 Å². The summed E-state index contributed by atoms with van der Waals surface area (Å²) in [4.78, 5) is 1.96. The molecule has 0 bridgehead atoms. The lowest BCUT2D eigenvalue weighted by Gasteiger charge is -2.18. The molecule has 3 aromatic rings. The predicted octanol–water partition coefficient (Wildman–Crippen LogP) is 4.32. The molecule has 0 spiro atoms. The van der Waals surface area contributed by atoms with Crippen molar-refractivity contribution in [2.24, 2.45) is 0 Å². The highest BCUT2D eigenvalue weighted by Crippen LogP contribution is 2.26. The zero-order valence-electron chi connectivity index (χ0n) is 13.4. The highest BCUT2D eigenvalue weighted by atomic mass is 16.5. The van der Waals surface area contributed by atoms with E-state index < -0.39 is 0 Å². The van der Waals surface area contributed by atoms with Crippen LogP contribution in [0, 0.1) is 0 Å². The first-order valence-electron chi connectivity index (χ1n) is 7.60. The maximum Gasteiger partial charge on any atom is 0.0838 e. The van der Waals surface area contributed by atoms with Crippen LogP contribution in [0.15, 0.2) is 60.7 Å². The molecule has 0 amide bonds. The Morgan fingerprint density at radius 3 is 2.43 bits per heavy atom. The number of fused-ring (bicyclic) bond motifs is 1. The fourth-order valence-corrected chi connectivity index (χ4v) is 2.68. The summed E-state index contributed by atoms with van der Waals surface area (Å²) in [7, 11) is 3.90. The lowest BCUT2D eigenvalue weighted by Crippen LogP contribution is -2.11. The molecule has 3 rings (SSSR count). The van der Waals surface area contributed by atoms with Crippen molar-refractivity contribution < 1.29 is 5.21 Å². The third-order valence-electron chi connectivity index (χ3n) is 3.91. The van der Waals surface area contributed by atoms with Gasteiger partial charge >= 0.3 is 0 Å². The van der Waals surface area contributed by atoms with E-state index in [2.05, 4.69) is 47.2 Å². The van der Waals surface area contributed by atoms with Gasteiger partial charge in [0, 0.05) is 26.3 Å². The van der Waals surface area contributed by atoms with Gasteiger partial charge in [0.2, 0.25) is 0 Å². The number of nitrogens with one attached hydrogen (secondary N) is 2. The largest absolute Gasteiger partial charge is 0.381 e. The molecule has 23 heavy (non-hydrogen) atoms. The zero-order valence-corrected chi connectivity index (χ0v) is 13.4. The van der Waals surface area contributed by atoms with Crippen molar-refractivity contribution in [3.8, 4) is 0 Å². The van der Waals surface area contributed by atoms with Crippen LogP contribution < -0.4 is 15.7 Å². The number of anilines is 3. The van der Waals surface area contributed by atoms with Gasteiger partial charge in [-0.3, -0.25) is 10.7 Å². The Bertz CT molecular complexity index is 815. The molecule has 3 N–H and O–H groups in total. The van der Waals surface area contributed by atoms with Crippen molar-refractivity contribution in [3.63, 3.8) is 0 Å². The first kappa shape index (κ1) is 15.2. The summed E-state index contributed by atoms with van der Waals surface area (Å²) in [6.45, 7) is 0.695. The monoisotopic (exact) mass is 307 g/mol. The summed E-state index contributed by atoms with van der Waals surface area (Å²) in [5, 5.41) is 15.2. The summed E-state index contributed by atoms with van der Waals surface area (Å²) in [6, 6.07) is 20.7. The number of rotatable bonds is 5. The average molecular weight is 307 g/mol. The maximum absolute atomic E-state index is 9.30. The molecule has 0 heterocycles. The number of benzene rings is 3. The molecule has 0 aliphatic rings. The Labute approximate surface area is 136 Å². The number of hydrogen-bond donors (Lipinski definition) is 3. The van der Waals surface area contributed by atoms with Crippen LogP contribution >= 0.6 is 0 Å². The minimum atomic E-state index is 0.695. The molecule has 0 saturated heterocycles. The smallest absolute Gasteiger partial charge is 0.0838 e. The first-order valence-corrected chi connectivity index (χ1v) is 7.60. The van der Waals surface area contributed by atoms with Gasteiger partial charge in [-0.1, -0.05) is 36.4 Å². The van der Waals surface area contributed by atoms with Crippen molar-refractivity contribution in [1.29, 1.82) is 0 Å². The van der Waals surface area contributed by atoms with E-state index in [0.717, 1.165) is 16.9 Å². The molecule has 4 heteroatoms. The average Bonchev–Trinajstić information content (AvgIpc) is 2.59. The molecular weight excluding hydrogens is 286 g/mol. The van der Waals surface area contributed by atoms with Crippen molar-refractivity contribution >= 4 is 27.8 Å². The topological polar surface area (TPSA) is 47.5 Å². The van der Waals surface area contributed by atoms with Crippen LogP contribution in [0.2, 0.25) is 0 Å². The predicted molar refractivity (Wildman–Crippen MR) is 97.5 cm³/mol. The van der Waals surface area contributed by atoms with E-state index >= 15 is 0 Å². The quantitative estimate of drug-likeness (QED) is 0.614. The Morgan fingerprint density at radius 1 is 0.913 bits per heavy atom. The van der Waals surface area contributed by atoms with E-state index in [-0.39, 0.29) is 0 Å². The minimum Gasteiger partial charge on any atom is -0.381 e. The van der Waals surface area contributed by atoms with E-state index in [1.807, 2.05) is 43.3 Å². The summed E-state index contributed by atoms with van der Waals surface area (Å²) in [5.41, 5.74) is 6.10. The Morgan fingerprint density at radius 2 is 1.70 bits per heavy atom. The molecule has 0 radical (unpaired) electrons. The fraction of sp³-hybridized carbons (Fsp3) is 0.158. The van der Waals surface area contributed by atoms with Gasteiger partial charge in [-0.2, -0.15) is 0 Å². The van der Waals surface area contributed by atoms with Gasteiger partial charge in [-0.25, -0.2) is 0 Å². The molecule has 118 valence electrons. The Kier molecular flexibility index (Phi) is 4.35. The van der Waals surface area contributed by atoms with Crippen LogP contribution in [0.5, 0.6) is 0 Å². The van der Waals surface area contributed by atoms with Gasteiger partial charge in [0.1, 0.15) is 0 Å². The zero-order chi connectivity index (χ0) is 16.2. The van der Waals surface area contributed by atoms with Crippen LogP contribution in [0.3, 0.4) is 0 Å². The molecule has 0 unspecified atom stereocenters. The Balaban J connectivity index is 1.76. The Hall–Kier alpha value is -2.72. The highest BCUT2D eigenvalue weighted by molar-refractivity contribution is 5.85. The molecule has 0 aromatic heterocycles. The molecule has 0 saturated carbocycles. The van der Waals surface area contributed by atoms with Gasteiger partial charge in [-0.05, 0) is 40.6 Å². The standard InChI is InChI=1S/C19H21N3O/c1-22(2)19-10-7-14(11-18(19)21-23)13-20-17-9-8-15-5-3-4-6-16(15)12-17/h3-12,20-21,23H,13H2,1-2H3. The van der Waals surface area contributed by atoms with Crippen LogP contribution in [0.4, 0.5) is 17.1 Å². The van der Waals surface area contributed by atoms with E-state index in [1.54, 1.807) is 0 Å². The second-order valence-corrected chi connectivity index (χ2v) is 5.77. The van der Waals surface area contributed by atoms with Gasteiger partial charge in [-0.15, -0.1) is 0 Å². The van der Waals surface area contributed by atoms with Crippen LogP contribution in [-0.2, 0) is 6.54 Å². The van der Waals surface area contributed by atoms with Gasteiger partial charge in [0.05, 0.1) is 11.4 Å². The van der Waals surface area contributed by atoms with Crippen LogP contribution in [0.1, 0.15) is 5.56 Å². The summed E-state index contributed by atoms with van der Waals surface area (Å²) in [5.74, 6) is 0. The number of hydrogen-bond acceptors (Lipinski definition) is 4. The first-order chi connectivity index (χ1) is 11.2. The van der Waals surface area contributed by atoms with Crippen molar-refractivity contribution in [2.75, 3.05) is 29.8 Å². The summed E-state index contributed by atoms with van der Waals surface area (Å²) < 4.78 is 0. The van der Waals surface area contributed by atoms with Crippen LogP contribution in [-0.4, -0.2) is 19.3 Å². The third kappa shape index (κ3) is 3.38. The maximum atomic E-state index is 9.30. The minimum absolute atomic E-state index is 0.695. The lowest BCUT2D eigenvalue weighted by molar-refractivity contribution is 0.389.